The van der Waals surface area contributed by atoms with E-state index in [1.54, 1.807) is 5.56 Å². The van der Waals surface area contributed by atoms with Gasteiger partial charge in [0.05, 0.1) is 0 Å². The third-order valence-electron chi connectivity index (χ3n) is 9.50. The molecule has 1 aromatic heterocycles. The lowest BCUT2D eigenvalue weighted by Crippen LogP contribution is -2.31. The molecule has 1 heterocycles. The minimum Gasteiger partial charge on any atom is -0.201 e. The van der Waals surface area contributed by atoms with Crippen LogP contribution in [0.25, 0.3) is 33.2 Å². The summed E-state index contributed by atoms with van der Waals surface area (Å²) in [4.78, 5) is 0. The number of nitrogens with zero attached hydrogens (tertiary/aromatic N) is 1. The second-order valence-electron chi connectivity index (χ2n) is 11.8. The number of aromatic nitrogens is 1. The van der Waals surface area contributed by atoms with E-state index in [2.05, 4.69) is 98.4 Å². The maximum Gasteiger partial charge on any atom is 0.213 e. The van der Waals surface area contributed by atoms with Gasteiger partial charge in [-0.25, -0.2) is 4.57 Å². The first-order valence-electron chi connectivity index (χ1n) is 14.1. The summed E-state index contributed by atoms with van der Waals surface area (Å²) in [6.45, 7) is 4.43. The first kappa shape index (κ1) is 23.5. The van der Waals surface area contributed by atoms with Gasteiger partial charge in [0.15, 0.2) is 6.20 Å². The van der Waals surface area contributed by atoms with Gasteiger partial charge in [0.2, 0.25) is 5.69 Å². The highest BCUT2D eigenvalue weighted by Gasteiger charge is 2.36. The molecule has 2 fully saturated rings. The third kappa shape index (κ3) is 4.38. The Morgan fingerprint density at radius 3 is 2.19 bits per heavy atom. The van der Waals surface area contributed by atoms with Gasteiger partial charge < -0.3 is 0 Å². The van der Waals surface area contributed by atoms with Crippen LogP contribution in [0.3, 0.4) is 0 Å². The van der Waals surface area contributed by atoms with Crippen molar-refractivity contribution >= 4 is 10.8 Å². The lowest BCUT2D eigenvalue weighted by atomic mass is 9.62. The van der Waals surface area contributed by atoms with Crippen LogP contribution in [0.2, 0.25) is 0 Å². The molecule has 184 valence electrons. The van der Waals surface area contributed by atoms with Crippen LogP contribution >= 0.6 is 0 Å². The molecule has 0 unspecified atom stereocenters. The third-order valence-corrected chi connectivity index (χ3v) is 9.50. The highest BCUT2D eigenvalue weighted by Crippen LogP contribution is 2.51. The predicted octanol–water partition coefficient (Wildman–Crippen LogP) is 9.22. The maximum absolute atomic E-state index is 2.49. The normalized spacial score (nSPS) is 18.1. The average molecular weight is 475 g/mol. The molecule has 1 nitrogen and oxygen atoms in total. The van der Waals surface area contributed by atoms with Gasteiger partial charge in [0.25, 0.3) is 0 Å². The Kier molecular flexibility index (Phi) is 6.20. The minimum atomic E-state index is 0.696. The summed E-state index contributed by atoms with van der Waals surface area (Å²) in [7, 11) is 2.15. The van der Waals surface area contributed by atoms with Crippen LogP contribution in [-0.2, 0) is 7.05 Å². The van der Waals surface area contributed by atoms with E-state index in [4.69, 9.17) is 0 Å². The summed E-state index contributed by atoms with van der Waals surface area (Å²) >= 11 is 0. The van der Waals surface area contributed by atoms with Gasteiger partial charge in [-0.3, -0.25) is 0 Å². The van der Waals surface area contributed by atoms with Crippen LogP contribution in [0.1, 0.15) is 80.4 Å². The summed E-state index contributed by atoms with van der Waals surface area (Å²) < 4.78 is 2.26. The summed E-state index contributed by atoms with van der Waals surface area (Å²) in [6.07, 6.45) is 15.3. The fourth-order valence-corrected chi connectivity index (χ4v) is 7.27. The Balaban J connectivity index is 1.28. The molecule has 0 aliphatic heterocycles. The number of aryl methyl sites for hydroxylation is 3. The summed E-state index contributed by atoms with van der Waals surface area (Å²) in [5.41, 5.74) is 10.1. The molecule has 1 heteroatoms. The van der Waals surface area contributed by atoms with Gasteiger partial charge in [-0.2, -0.15) is 0 Å². The topological polar surface area (TPSA) is 3.88 Å². The van der Waals surface area contributed by atoms with Gasteiger partial charge in [-0.05, 0) is 109 Å². The molecule has 0 N–H and O–H groups in total. The molecule has 2 aliphatic carbocycles. The Labute approximate surface area is 217 Å². The Morgan fingerprint density at radius 2 is 1.42 bits per heavy atom. The molecule has 6 rings (SSSR count). The molecule has 4 aromatic rings. The van der Waals surface area contributed by atoms with Crippen molar-refractivity contribution in [3.8, 4) is 22.4 Å². The fraction of sp³-hybridized carbons (Fsp3) is 0.400. The molecular formula is C35H40N+. The largest absolute Gasteiger partial charge is 0.213 e. The molecule has 1 spiro atoms. The predicted molar refractivity (Wildman–Crippen MR) is 152 cm³/mol. The smallest absolute Gasteiger partial charge is 0.201 e. The molecule has 36 heavy (non-hydrogen) atoms. The van der Waals surface area contributed by atoms with E-state index in [1.807, 2.05) is 0 Å². The number of rotatable bonds is 3. The standard InChI is InChI=1S/C35H40N/c1-25-9-5-6-10-32(25)34-23-33(26(2)24-36(34)3)31-14-13-29-21-28(11-12-30(29)22-31)27-15-19-35(20-16-27)17-7-4-8-18-35/h5-6,9-14,21-24,27H,4,7-8,15-20H2,1-3H3/q+1. The second kappa shape index (κ2) is 9.51. The summed E-state index contributed by atoms with van der Waals surface area (Å²) in [5.74, 6) is 0.745. The van der Waals surface area contributed by atoms with Crippen molar-refractivity contribution in [3.05, 3.63) is 89.6 Å². The van der Waals surface area contributed by atoms with E-state index in [-0.39, 0.29) is 0 Å². The quantitative estimate of drug-likeness (QED) is 0.261. The van der Waals surface area contributed by atoms with E-state index >= 15 is 0 Å². The van der Waals surface area contributed by atoms with E-state index in [0.717, 1.165) is 5.92 Å². The minimum absolute atomic E-state index is 0.696. The van der Waals surface area contributed by atoms with Gasteiger partial charge in [-0.1, -0.05) is 67.8 Å². The first-order chi connectivity index (χ1) is 17.5. The average Bonchev–Trinajstić information content (AvgIpc) is 2.90. The lowest BCUT2D eigenvalue weighted by Gasteiger charge is -2.43. The van der Waals surface area contributed by atoms with Gasteiger partial charge >= 0.3 is 0 Å². The van der Waals surface area contributed by atoms with Crippen molar-refractivity contribution < 1.29 is 4.57 Å². The van der Waals surface area contributed by atoms with Crippen LogP contribution in [0, 0.1) is 19.3 Å². The van der Waals surface area contributed by atoms with Crippen molar-refractivity contribution in [2.75, 3.05) is 0 Å². The monoisotopic (exact) mass is 474 g/mol. The highest BCUT2D eigenvalue weighted by molar-refractivity contribution is 5.88. The molecule has 3 aromatic carbocycles. The molecule has 0 bridgehead atoms. The number of hydrogen-bond acceptors (Lipinski definition) is 0. The highest BCUT2D eigenvalue weighted by atomic mass is 14.9. The zero-order valence-electron chi connectivity index (χ0n) is 22.3. The van der Waals surface area contributed by atoms with E-state index in [9.17, 15) is 0 Å². The maximum atomic E-state index is 2.49. The Hall–Kier alpha value is -2.93. The van der Waals surface area contributed by atoms with Crippen LogP contribution < -0.4 is 4.57 Å². The second-order valence-corrected chi connectivity index (χ2v) is 11.8. The van der Waals surface area contributed by atoms with Gasteiger partial charge in [0.1, 0.15) is 7.05 Å². The van der Waals surface area contributed by atoms with E-state index in [0.29, 0.717) is 5.41 Å². The van der Waals surface area contributed by atoms with E-state index in [1.165, 1.54) is 102 Å². The van der Waals surface area contributed by atoms with Crippen LogP contribution in [0.15, 0.2) is 72.9 Å². The SMILES string of the molecule is Cc1c[n+](C)c(-c2ccccc2C)cc1-c1ccc2cc(C3CCC4(CCCCC4)CC3)ccc2c1. The van der Waals surface area contributed by atoms with E-state index < -0.39 is 0 Å². The Bertz CT molecular complexity index is 1400. The van der Waals surface area contributed by atoms with Crippen LogP contribution in [0.5, 0.6) is 0 Å². The van der Waals surface area contributed by atoms with Crippen molar-refractivity contribution in [1.82, 2.24) is 0 Å². The lowest BCUT2D eigenvalue weighted by molar-refractivity contribution is -0.660. The van der Waals surface area contributed by atoms with Gasteiger partial charge in [-0.15, -0.1) is 0 Å². The number of fused-ring (bicyclic) bond motifs is 1. The number of hydrogen-bond donors (Lipinski definition) is 0. The fourth-order valence-electron chi connectivity index (χ4n) is 7.27. The van der Waals surface area contributed by atoms with Crippen molar-refractivity contribution in [3.63, 3.8) is 0 Å². The molecule has 0 amide bonds. The zero-order chi connectivity index (χ0) is 24.7. The molecule has 0 atom stereocenters. The molecule has 0 radical (unpaired) electrons. The Morgan fingerprint density at radius 1 is 0.694 bits per heavy atom. The first-order valence-corrected chi connectivity index (χ1v) is 14.1. The van der Waals surface area contributed by atoms with Gasteiger partial charge in [0, 0.05) is 17.2 Å². The number of benzene rings is 3. The zero-order valence-corrected chi connectivity index (χ0v) is 22.3. The van der Waals surface area contributed by atoms with Crippen LogP contribution in [-0.4, -0.2) is 0 Å². The molecule has 0 saturated heterocycles. The van der Waals surface area contributed by atoms with Crippen molar-refractivity contribution in [2.24, 2.45) is 12.5 Å². The molecular weight excluding hydrogens is 434 g/mol. The summed E-state index contributed by atoms with van der Waals surface area (Å²) in [6, 6.07) is 25.4. The molecule has 2 aliphatic rings. The molecule has 2 saturated carbocycles. The van der Waals surface area contributed by atoms with Crippen molar-refractivity contribution in [1.29, 1.82) is 0 Å². The van der Waals surface area contributed by atoms with Crippen molar-refractivity contribution in [2.45, 2.75) is 77.6 Å². The van der Waals surface area contributed by atoms with Crippen LogP contribution in [0.4, 0.5) is 0 Å². The summed E-state index contributed by atoms with van der Waals surface area (Å²) in [5, 5.41) is 2.73. The number of pyridine rings is 1.